The van der Waals surface area contributed by atoms with Crippen molar-refractivity contribution in [2.24, 2.45) is 17.4 Å². The molecule has 0 radical (unpaired) electrons. The first-order valence-corrected chi connectivity index (χ1v) is 6.73. The fraction of sp³-hybridized carbons (Fsp3) is 0.357. The third-order valence-corrected chi connectivity index (χ3v) is 3.12. The molecule has 5 nitrogen and oxygen atoms in total. The molecular formula is C14H19N3O2S. The van der Waals surface area contributed by atoms with E-state index in [1.54, 1.807) is 6.92 Å². The number of carbonyl (C=O) groups excluding carboxylic acids is 2. The number of nitrogens with one attached hydrogen (secondary N) is 1. The summed E-state index contributed by atoms with van der Waals surface area (Å²) < 4.78 is 0. The van der Waals surface area contributed by atoms with Crippen LogP contribution in [0.3, 0.4) is 0 Å². The monoisotopic (exact) mass is 293 g/mol. The lowest BCUT2D eigenvalue weighted by molar-refractivity contribution is -0.124. The molecule has 2 unspecified atom stereocenters. The predicted molar refractivity (Wildman–Crippen MR) is 81.8 cm³/mol. The van der Waals surface area contributed by atoms with Crippen LogP contribution < -0.4 is 16.8 Å². The predicted octanol–water partition coefficient (Wildman–Crippen LogP) is 0.511. The molecule has 0 saturated carbocycles. The van der Waals surface area contributed by atoms with Gasteiger partial charge in [-0.25, -0.2) is 0 Å². The van der Waals surface area contributed by atoms with Gasteiger partial charge in [0.15, 0.2) is 0 Å². The second-order valence-electron chi connectivity index (χ2n) is 4.72. The van der Waals surface area contributed by atoms with E-state index in [1.807, 2.05) is 30.3 Å². The molecule has 5 N–H and O–H groups in total. The highest BCUT2D eigenvalue weighted by Crippen LogP contribution is 2.10. The smallest absolute Gasteiger partial charge is 0.230 e. The minimum absolute atomic E-state index is 0.0845. The molecule has 1 rings (SSSR count). The molecule has 1 aromatic rings. The van der Waals surface area contributed by atoms with E-state index in [4.69, 9.17) is 23.7 Å². The second kappa shape index (κ2) is 7.59. The zero-order chi connectivity index (χ0) is 15.1. The first-order chi connectivity index (χ1) is 9.40. The van der Waals surface area contributed by atoms with E-state index >= 15 is 0 Å². The highest BCUT2D eigenvalue weighted by molar-refractivity contribution is 7.80. The fourth-order valence-corrected chi connectivity index (χ4v) is 2.06. The summed E-state index contributed by atoms with van der Waals surface area (Å²) in [5.74, 6) is -1.34. The van der Waals surface area contributed by atoms with Crippen LogP contribution in [-0.2, 0) is 16.0 Å². The van der Waals surface area contributed by atoms with Crippen LogP contribution in [0, 0.1) is 5.92 Å². The molecular weight excluding hydrogens is 274 g/mol. The second-order valence-corrected chi connectivity index (χ2v) is 5.20. The van der Waals surface area contributed by atoms with Crippen molar-refractivity contribution >= 4 is 29.0 Å². The maximum atomic E-state index is 12.2. The number of benzene rings is 1. The summed E-state index contributed by atoms with van der Waals surface area (Å²) in [5.41, 5.74) is 11.7. The summed E-state index contributed by atoms with van der Waals surface area (Å²) >= 11 is 4.96. The summed E-state index contributed by atoms with van der Waals surface area (Å²) in [6, 6.07) is 9.15. The van der Waals surface area contributed by atoms with Gasteiger partial charge in [-0.2, -0.15) is 0 Å². The minimum Gasteiger partial charge on any atom is -0.393 e. The zero-order valence-corrected chi connectivity index (χ0v) is 12.2. The summed E-state index contributed by atoms with van der Waals surface area (Å²) in [5, 5.41) is 2.71. The fourth-order valence-electron chi connectivity index (χ4n) is 1.87. The van der Waals surface area contributed by atoms with Gasteiger partial charge in [0.25, 0.3) is 0 Å². The molecule has 2 amide bonds. The van der Waals surface area contributed by atoms with Crippen molar-refractivity contribution in [2.75, 3.05) is 0 Å². The van der Waals surface area contributed by atoms with Crippen molar-refractivity contribution in [3.8, 4) is 0 Å². The van der Waals surface area contributed by atoms with Crippen LogP contribution in [0.4, 0.5) is 0 Å². The lowest BCUT2D eigenvalue weighted by atomic mass is 9.98. The van der Waals surface area contributed by atoms with Crippen molar-refractivity contribution in [2.45, 2.75) is 25.8 Å². The Balaban J connectivity index is 2.68. The number of amides is 2. The van der Waals surface area contributed by atoms with Gasteiger partial charge >= 0.3 is 0 Å². The molecule has 6 heteroatoms. The molecule has 0 aliphatic rings. The Morgan fingerprint density at radius 2 is 1.85 bits per heavy atom. The third-order valence-electron chi connectivity index (χ3n) is 2.84. The Morgan fingerprint density at radius 3 is 2.35 bits per heavy atom. The molecule has 0 fully saturated rings. The van der Waals surface area contributed by atoms with E-state index in [0.717, 1.165) is 5.56 Å². The normalized spacial score (nSPS) is 13.2. The van der Waals surface area contributed by atoms with E-state index < -0.39 is 11.8 Å². The number of hydrogen-bond donors (Lipinski definition) is 3. The van der Waals surface area contributed by atoms with Gasteiger partial charge in [0.05, 0.1) is 10.9 Å². The molecule has 20 heavy (non-hydrogen) atoms. The van der Waals surface area contributed by atoms with Crippen LogP contribution in [0.15, 0.2) is 30.3 Å². The standard InChI is InChI=1S/C14H19N3O2S/c1-9(7-12(15)18)17-14(19)11(13(16)20)8-10-5-3-2-4-6-10/h2-6,9,11H,7-8H2,1H3,(H2,15,18)(H2,16,20)(H,17,19). The number of rotatable bonds is 7. The summed E-state index contributed by atoms with van der Waals surface area (Å²) in [7, 11) is 0. The molecule has 0 spiro atoms. The van der Waals surface area contributed by atoms with Crippen molar-refractivity contribution < 1.29 is 9.59 Å². The van der Waals surface area contributed by atoms with E-state index in [9.17, 15) is 9.59 Å². The van der Waals surface area contributed by atoms with Crippen LogP contribution in [0.25, 0.3) is 0 Å². The SMILES string of the molecule is CC(CC(N)=O)NC(=O)C(Cc1ccccc1)C(N)=S. The summed E-state index contributed by atoms with van der Waals surface area (Å²) in [6.45, 7) is 1.71. The van der Waals surface area contributed by atoms with Gasteiger partial charge in [0.2, 0.25) is 11.8 Å². The van der Waals surface area contributed by atoms with Gasteiger partial charge in [0, 0.05) is 12.5 Å². The number of nitrogens with two attached hydrogens (primary N) is 2. The largest absolute Gasteiger partial charge is 0.393 e. The summed E-state index contributed by atoms with van der Waals surface area (Å²) in [6.07, 6.45) is 0.520. The van der Waals surface area contributed by atoms with Crippen LogP contribution >= 0.6 is 12.2 Å². The molecule has 0 aromatic heterocycles. The van der Waals surface area contributed by atoms with E-state index in [1.165, 1.54) is 0 Å². The Labute approximate surface area is 123 Å². The molecule has 0 bridgehead atoms. The van der Waals surface area contributed by atoms with Gasteiger partial charge in [-0.3, -0.25) is 9.59 Å². The summed E-state index contributed by atoms with van der Waals surface area (Å²) in [4.78, 5) is 23.1. The maximum Gasteiger partial charge on any atom is 0.230 e. The van der Waals surface area contributed by atoms with E-state index in [-0.39, 0.29) is 23.4 Å². The highest BCUT2D eigenvalue weighted by Gasteiger charge is 2.23. The van der Waals surface area contributed by atoms with Crippen LogP contribution in [0.2, 0.25) is 0 Å². The minimum atomic E-state index is -0.595. The molecule has 0 aliphatic carbocycles. The van der Waals surface area contributed by atoms with Crippen molar-refractivity contribution in [3.63, 3.8) is 0 Å². The number of thiocarbonyl (C=S) groups is 1. The molecule has 2 atom stereocenters. The van der Waals surface area contributed by atoms with Crippen molar-refractivity contribution in [3.05, 3.63) is 35.9 Å². The number of carbonyl (C=O) groups is 2. The van der Waals surface area contributed by atoms with Crippen LogP contribution in [0.1, 0.15) is 18.9 Å². The zero-order valence-electron chi connectivity index (χ0n) is 11.3. The van der Waals surface area contributed by atoms with Gasteiger partial charge in [-0.05, 0) is 18.9 Å². The number of primary amides is 1. The average Bonchev–Trinajstić information content (AvgIpc) is 2.35. The maximum absolute atomic E-state index is 12.2. The number of hydrogen-bond acceptors (Lipinski definition) is 3. The first-order valence-electron chi connectivity index (χ1n) is 6.32. The Hall–Kier alpha value is -1.95. The lowest BCUT2D eigenvalue weighted by Gasteiger charge is -2.19. The molecule has 0 saturated heterocycles. The first kappa shape index (κ1) is 16.1. The Kier molecular flexibility index (Phi) is 6.11. The van der Waals surface area contributed by atoms with Gasteiger partial charge in [-0.1, -0.05) is 42.5 Å². The quantitative estimate of drug-likeness (QED) is 0.638. The van der Waals surface area contributed by atoms with Gasteiger partial charge in [0.1, 0.15) is 0 Å². The van der Waals surface area contributed by atoms with E-state index in [2.05, 4.69) is 5.32 Å². The average molecular weight is 293 g/mol. The molecule has 1 aromatic carbocycles. The molecule has 0 aliphatic heterocycles. The lowest BCUT2D eigenvalue weighted by Crippen LogP contribution is -2.44. The van der Waals surface area contributed by atoms with Crippen LogP contribution in [-0.4, -0.2) is 22.8 Å². The van der Waals surface area contributed by atoms with Crippen molar-refractivity contribution in [1.29, 1.82) is 0 Å². The Bertz CT molecular complexity index is 490. The third kappa shape index (κ3) is 5.36. The highest BCUT2D eigenvalue weighted by atomic mass is 32.1. The van der Waals surface area contributed by atoms with Crippen LogP contribution in [0.5, 0.6) is 0 Å². The van der Waals surface area contributed by atoms with Gasteiger partial charge < -0.3 is 16.8 Å². The Morgan fingerprint density at radius 1 is 1.25 bits per heavy atom. The topological polar surface area (TPSA) is 98.2 Å². The molecule has 108 valence electrons. The van der Waals surface area contributed by atoms with Gasteiger partial charge in [-0.15, -0.1) is 0 Å². The molecule has 0 heterocycles. The van der Waals surface area contributed by atoms with E-state index in [0.29, 0.717) is 6.42 Å². The van der Waals surface area contributed by atoms with Crippen molar-refractivity contribution in [1.82, 2.24) is 5.32 Å².